The Balaban J connectivity index is 1.04. The number of rotatable bonds is 3. The van der Waals surface area contributed by atoms with Gasteiger partial charge in [0.2, 0.25) is 0 Å². The lowest BCUT2D eigenvalue weighted by atomic mass is 9.97. The average Bonchev–Trinajstić information content (AvgIpc) is 3.04. The van der Waals surface area contributed by atoms with Crippen LogP contribution in [0.3, 0.4) is 0 Å². The quantitative estimate of drug-likeness (QED) is 0.579. The van der Waals surface area contributed by atoms with Gasteiger partial charge in [-0.05, 0) is 46.7 Å². The third-order valence-corrected chi connectivity index (χ3v) is 7.39. The highest BCUT2D eigenvalue weighted by Gasteiger charge is 2.45. The lowest BCUT2D eigenvalue weighted by Gasteiger charge is -2.53. The summed E-state index contributed by atoms with van der Waals surface area (Å²) >= 11 is 3.49. The van der Waals surface area contributed by atoms with E-state index in [1.165, 1.54) is 0 Å². The standard InChI is InChI=1S/C25H22BrN3O2/c26-20-8-7-16-9-18(6-5-17(16)10-20)24(30)28-12-21(13-28)27-14-22(15-27)29-11-19-3-1-2-4-23(19)25(29)31/h1-10,21-22H,11-15H2. The number of hydrogen-bond acceptors (Lipinski definition) is 3. The Morgan fingerprint density at radius 2 is 1.61 bits per heavy atom. The smallest absolute Gasteiger partial charge is 0.254 e. The van der Waals surface area contributed by atoms with Crippen LogP contribution in [0.15, 0.2) is 65.1 Å². The molecule has 156 valence electrons. The Hall–Kier alpha value is -2.70. The number of nitrogens with zero attached hydrogens (tertiary/aromatic N) is 3. The van der Waals surface area contributed by atoms with E-state index in [4.69, 9.17) is 0 Å². The maximum atomic E-state index is 12.9. The van der Waals surface area contributed by atoms with Crippen LogP contribution in [-0.4, -0.2) is 64.8 Å². The Morgan fingerprint density at radius 3 is 2.42 bits per heavy atom. The molecule has 0 aliphatic carbocycles. The number of halogens is 1. The van der Waals surface area contributed by atoms with Crippen LogP contribution in [0, 0.1) is 0 Å². The molecule has 0 N–H and O–H groups in total. The number of carbonyl (C=O) groups is 2. The first-order chi connectivity index (χ1) is 15.1. The molecule has 2 fully saturated rings. The lowest BCUT2D eigenvalue weighted by molar-refractivity contribution is -0.0364. The van der Waals surface area contributed by atoms with E-state index in [1.54, 1.807) is 0 Å². The van der Waals surface area contributed by atoms with Gasteiger partial charge in [-0.25, -0.2) is 0 Å². The first kappa shape index (κ1) is 19.0. The number of likely N-dealkylation sites (tertiary alicyclic amines) is 2. The van der Waals surface area contributed by atoms with Crippen LogP contribution in [0.5, 0.6) is 0 Å². The molecule has 31 heavy (non-hydrogen) atoms. The first-order valence-electron chi connectivity index (χ1n) is 10.7. The molecule has 3 aromatic rings. The second-order valence-electron chi connectivity index (χ2n) is 8.77. The van der Waals surface area contributed by atoms with Gasteiger partial charge < -0.3 is 9.80 Å². The van der Waals surface area contributed by atoms with Crippen LogP contribution in [0.2, 0.25) is 0 Å². The fraction of sp³-hybridized carbons (Fsp3) is 0.280. The summed E-state index contributed by atoms with van der Waals surface area (Å²) in [5.74, 6) is 0.261. The van der Waals surface area contributed by atoms with E-state index in [2.05, 4.69) is 26.9 Å². The largest absolute Gasteiger partial charge is 0.335 e. The topological polar surface area (TPSA) is 43.9 Å². The molecule has 6 heteroatoms. The lowest BCUT2D eigenvalue weighted by Crippen LogP contribution is -2.70. The molecule has 0 atom stereocenters. The predicted octanol–water partition coefficient (Wildman–Crippen LogP) is 3.77. The van der Waals surface area contributed by atoms with Crippen molar-refractivity contribution in [1.29, 1.82) is 0 Å². The van der Waals surface area contributed by atoms with E-state index < -0.39 is 0 Å². The SMILES string of the molecule is O=C(c1ccc2cc(Br)ccc2c1)N1CC(N2CC(N3Cc4ccccc4C3=O)C2)C1. The Labute approximate surface area is 189 Å². The molecule has 3 heterocycles. The van der Waals surface area contributed by atoms with Crippen molar-refractivity contribution < 1.29 is 9.59 Å². The molecule has 3 aliphatic heterocycles. The van der Waals surface area contributed by atoms with Crippen LogP contribution in [0.25, 0.3) is 10.8 Å². The molecule has 0 bridgehead atoms. The second-order valence-corrected chi connectivity index (χ2v) is 9.68. The van der Waals surface area contributed by atoms with Crippen LogP contribution < -0.4 is 0 Å². The van der Waals surface area contributed by atoms with E-state index in [-0.39, 0.29) is 17.9 Å². The van der Waals surface area contributed by atoms with E-state index >= 15 is 0 Å². The van der Waals surface area contributed by atoms with Gasteiger partial charge >= 0.3 is 0 Å². The van der Waals surface area contributed by atoms with Crippen LogP contribution in [0.1, 0.15) is 26.3 Å². The monoisotopic (exact) mass is 475 g/mol. The van der Waals surface area contributed by atoms with Crippen molar-refractivity contribution in [3.63, 3.8) is 0 Å². The van der Waals surface area contributed by atoms with Gasteiger partial charge in [-0.2, -0.15) is 0 Å². The summed E-state index contributed by atoms with van der Waals surface area (Å²) in [6, 6.07) is 20.6. The van der Waals surface area contributed by atoms with Crippen molar-refractivity contribution in [1.82, 2.24) is 14.7 Å². The molecule has 0 aromatic heterocycles. The van der Waals surface area contributed by atoms with E-state index in [0.717, 1.165) is 64.7 Å². The van der Waals surface area contributed by atoms with Crippen molar-refractivity contribution in [3.8, 4) is 0 Å². The highest BCUT2D eigenvalue weighted by Crippen LogP contribution is 2.31. The number of amides is 2. The number of fused-ring (bicyclic) bond motifs is 2. The summed E-state index contributed by atoms with van der Waals surface area (Å²) in [5.41, 5.74) is 2.73. The van der Waals surface area contributed by atoms with E-state index in [9.17, 15) is 9.59 Å². The summed E-state index contributed by atoms with van der Waals surface area (Å²) in [4.78, 5) is 31.9. The summed E-state index contributed by atoms with van der Waals surface area (Å²) in [6.07, 6.45) is 0. The highest BCUT2D eigenvalue weighted by atomic mass is 79.9. The highest BCUT2D eigenvalue weighted by molar-refractivity contribution is 9.10. The molecule has 3 aliphatic rings. The molecular formula is C25H22BrN3O2. The number of carbonyl (C=O) groups excluding carboxylic acids is 2. The van der Waals surface area contributed by atoms with Gasteiger partial charge in [0.1, 0.15) is 0 Å². The van der Waals surface area contributed by atoms with E-state index in [1.807, 2.05) is 64.4 Å². The third-order valence-electron chi connectivity index (χ3n) is 6.90. The molecule has 0 unspecified atom stereocenters. The summed E-state index contributed by atoms with van der Waals surface area (Å²) in [5, 5.41) is 2.20. The summed E-state index contributed by atoms with van der Waals surface area (Å²) < 4.78 is 1.04. The normalized spacial score (nSPS) is 19.5. The minimum Gasteiger partial charge on any atom is -0.335 e. The summed E-state index contributed by atoms with van der Waals surface area (Å²) in [7, 11) is 0. The fourth-order valence-corrected chi connectivity index (χ4v) is 5.32. The minimum absolute atomic E-state index is 0.100. The van der Waals surface area contributed by atoms with Crippen molar-refractivity contribution in [2.45, 2.75) is 18.6 Å². The minimum atomic E-state index is 0.100. The van der Waals surface area contributed by atoms with Gasteiger partial charge in [0.25, 0.3) is 11.8 Å². The van der Waals surface area contributed by atoms with Gasteiger partial charge in [-0.3, -0.25) is 14.5 Å². The van der Waals surface area contributed by atoms with Gasteiger partial charge in [-0.1, -0.05) is 46.3 Å². The van der Waals surface area contributed by atoms with Crippen molar-refractivity contribution in [2.75, 3.05) is 26.2 Å². The van der Waals surface area contributed by atoms with E-state index in [0.29, 0.717) is 6.04 Å². The van der Waals surface area contributed by atoms with Crippen molar-refractivity contribution >= 4 is 38.5 Å². The van der Waals surface area contributed by atoms with Crippen LogP contribution in [-0.2, 0) is 6.54 Å². The zero-order chi connectivity index (χ0) is 21.1. The molecule has 0 radical (unpaired) electrons. The molecule has 2 amide bonds. The molecule has 3 aromatic carbocycles. The maximum absolute atomic E-state index is 12.9. The third kappa shape index (κ3) is 3.17. The molecular weight excluding hydrogens is 454 g/mol. The van der Waals surface area contributed by atoms with Crippen LogP contribution >= 0.6 is 15.9 Å². The maximum Gasteiger partial charge on any atom is 0.254 e. The molecule has 0 spiro atoms. The number of hydrogen-bond donors (Lipinski definition) is 0. The zero-order valence-electron chi connectivity index (χ0n) is 17.0. The Morgan fingerprint density at radius 1 is 0.871 bits per heavy atom. The van der Waals surface area contributed by atoms with Gasteiger partial charge in [0, 0.05) is 54.4 Å². The van der Waals surface area contributed by atoms with Crippen molar-refractivity contribution in [2.24, 2.45) is 0 Å². The molecule has 5 nitrogen and oxygen atoms in total. The second kappa shape index (κ2) is 7.18. The van der Waals surface area contributed by atoms with Gasteiger partial charge in [0.15, 0.2) is 0 Å². The molecule has 6 rings (SSSR count). The van der Waals surface area contributed by atoms with Crippen LogP contribution in [0.4, 0.5) is 0 Å². The van der Waals surface area contributed by atoms with Gasteiger partial charge in [0.05, 0.1) is 6.04 Å². The van der Waals surface area contributed by atoms with Crippen molar-refractivity contribution in [3.05, 3.63) is 81.8 Å². The number of benzene rings is 3. The first-order valence-corrected chi connectivity index (χ1v) is 11.5. The van der Waals surface area contributed by atoms with Gasteiger partial charge in [-0.15, -0.1) is 0 Å². The predicted molar refractivity (Wildman–Crippen MR) is 123 cm³/mol. The Kier molecular flexibility index (Phi) is 4.40. The average molecular weight is 476 g/mol. The summed E-state index contributed by atoms with van der Waals surface area (Å²) in [6.45, 7) is 4.05. The molecule has 0 saturated carbocycles. The Bertz CT molecular complexity index is 1210. The fourth-order valence-electron chi connectivity index (χ4n) is 4.94. The molecule has 2 saturated heterocycles. The zero-order valence-corrected chi connectivity index (χ0v) is 18.6.